The van der Waals surface area contributed by atoms with E-state index in [1.54, 1.807) is 0 Å². The number of hydrogen-bond acceptors (Lipinski definition) is 2. The fourth-order valence-corrected chi connectivity index (χ4v) is 2.68. The van der Waals surface area contributed by atoms with Gasteiger partial charge >= 0.3 is 0 Å². The van der Waals surface area contributed by atoms with Crippen LogP contribution in [0.25, 0.3) is 0 Å². The highest BCUT2D eigenvalue weighted by molar-refractivity contribution is 5.80. The number of hydrogen-bond donors (Lipinski definition) is 2. The van der Waals surface area contributed by atoms with Gasteiger partial charge < -0.3 is 10.6 Å². The SMILES string of the molecule is C[C@H]1CC[C@H](NCCNC(=O)C2CC2)C[C@@H]1C. The highest BCUT2D eigenvalue weighted by Crippen LogP contribution is 2.29. The number of carbonyl (C=O) groups is 1. The van der Waals surface area contributed by atoms with E-state index in [9.17, 15) is 4.79 Å². The second kappa shape index (κ2) is 5.85. The molecule has 0 unspecified atom stereocenters. The zero-order chi connectivity index (χ0) is 12.3. The first kappa shape index (κ1) is 12.9. The van der Waals surface area contributed by atoms with Gasteiger partial charge in [-0.05, 0) is 43.9 Å². The predicted molar refractivity (Wildman–Crippen MR) is 69.7 cm³/mol. The van der Waals surface area contributed by atoms with Gasteiger partial charge in [0.1, 0.15) is 0 Å². The van der Waals surface area contributed by atoms with E-state index < -0.39 is 0 Å². The van der Waals surface area contributed by atoms with Gasteiger partial charge in [0.2, 0.25) is 5.91 Å². The standard InChI is InChI=1S/C14H26N2O/c1-10-3-6-13(9-11(10)2)15-7-8-16-14(17)12-4-5-12/h10-13,15H,3-9H2,1-2H3,(H,16,17)/t10-,11-,13-/m0/s1. The number of amides is 1. The fraction of sp³-hybridized carbons (Fsp3) is 0.929. The molecule has 0 spiro atoms. The molecule has 0 aromatic rings. The summed E-state index contributed by atoms with van der Waals surface area (Å²) < 4.78 is 0. The molecule has 2 N–H and O–H groups in total. The van der Waals surface area contributed by atoms with E-state index in [-0.39, 0.29) is 5.91 Å². The number of nitrogens with one attached hydrogen (secondary N) is 2. The summed E-state index contributed by atoms with van der Waals surface area (Å²) in [7, 11) is 0. The van der Waals surface area contributed by atoms with Crippen molar-refractivity contribution < 1.29 is 4.79 Å². The molecule has 1 amide bonds. The quantitative estimate of drug-likeness (QED) is 0.719. The minimum atomic E-state index is 0.262. The second-order valence-corrected chi connectivity index (χ2v) is 5.98. The first-order valence-corrected chi connectivity index (χ1v) is 7.18. The van der Waals surface area contributed by atoms with Crippen LogP contribution in [0.4, 0.5) is 0 Å². The van der Waals surface area contributed by atoms with Crippen molar-refractivity contribution in [3.8, 4) is 0 Å². The number of rotatable bonds is 5. The maximum atomic E-state index is 11.4. The highest BCUT2D eigenvalue weighted by Gasteiger charge is 2.29. The Balaban J connectivity index is 1.54. The van der Waals surface area contributed by atoms with Gasteiger partial charge in [-0.2, -0.15) is 0 Å². The lowest BCUT2D eigenvalue weighted by molar-refractivity contribution is -0.122. The fourth-order valence-electron chi connectivity index (χ4n) is 2.68. The summed E-state index contributed by atoms with van der Waals surface area (Å²) in [6.45, 7) is 6.42. The van der Waals surface area contributed by atoms with E-state index in [4.69, 9.17) is 0 Å². The molecule has 3 nitrogen and oxygen atoms in total. The van der Waals surface area contributed by atoms with Gasteiger partial charge in [0.05, 0.1) is 0 Å². The van der Waals surface area contributed by atoms with Crippen molar-refractivity contribution in [2.45, 2.75) is 52.0 Å². The van der Waals surface area contributed by atoms with Crippen LogP contribution in [-0.4, -0.2) is 25.0 Å². The first-order chi connectivity index (χ1) is 8.16. The minimum absolute atomic E-state index is 0.262. The molecule has 0 aromatic carbocycles. The molecule has 2 aliphatic carbocycles. The topological polar surface area (TPSA) is 41.1 Å². The summed E-state index contributed by atoms with van der Waals surface area (Å²) in [5, 5.41) is 6.58. The maximum Gasteiger partial charge on any atom is 0.223 e. The van der Waals surface area contributed by atoms with Crippen molar-refractivity contribution in [1.82, 2.24) is 10.6 Å². The number of carbonyl (C=O) groups excluding carboxylic acids is 1. The van der Waals surface area contributed by atoms with Gasteiger partial charge in [-0.25, -0.2) is 0 Å². The molecule has 0 heterocycles. The molecule has 0 radical (unpaired) electrons. The van der Waals surface area contributed by atoms with Gasteiger partial charge in [0.25, 0.3) is 0 Å². The average molecular weight is 238 g/mol. The zero-order valence-electron chi connectivity index (χ0n) is 11.2. The van der Waals surface area contributed by atoms with Gasteiger partial charge in [-0.1, -0.05) is 13.8 Å². The molecule has 0 bridgehead atoms. The van der Waals surface area contributed by atoms with E-state index >= 15 is 0 Å². The third kappa shape index (κ3) is 3.98. The van der Waals surface area contributed by atoms with Crippen LogP contribution < -0.4 is 10.6 Å². The van der Waals surface area contributed by atoms with Crippen LogP contribution in [0, 0.1) is 17.8 Å². The molecule has 0 saturated heterocycles. The third-order valence-corrected chi connectivity index (χ3v) is 4.40. The average Bonchev–Trinajstić information content (AvgIpc) is 3.13. The summed E-state index contributed by atoms with van der Waals surface area (Å²) in [6, 6.07) is 0.666. The lowest BCUT2D eigenvalue weighted by atomic mass is 9.79. The lowest BCUT2D eigenvalue weighted by Crippen LogP contribution is -2.40. The molecular formula is C14H26N2O. The van der Waals surface area contributed by atoms with Crippen molar-refractivity contribution in [2.75, 3.05) is 13.1 Å². The molecule has 2 fully saturated rings. The van der Waals surface area contributed by atoms with Crippen molar-refractivity contribution in [2.24, 2.45) is 17.8 Å². The van der Waals surface area contributed by atoms with Crippen LogP contribution >= 0.6 is 0 Å². The molecular weight excluding hydrogens is 212 g/mol. The van der Waals surface area contributed by atoms with Crippen LogP contribution in [0.2, 0.25) is 0 Å². The summed E-state index contributed by atoms with van der Waals surface area (Å²) in [5.74, 6) is 2.31. The Bertz CT molecular complexity index is 263. The third-order valence-electron chi connectivity index (χ3n) is 4.40. The van der Waals surface area contributed by atoms with Gasteiger partial charge in [0.15, 0.2) is 0 Å². The van der Waals surface area contributed by atoms with Crippen LogP contribution in [-0.2, 0) is 4.79 Å². The Hall–Kier alpha value is -0.570. The molecule has 98 valence electrons. The van der Waals surface area contributed by atoms with Crippen molar-refractivity contribution >= 4 is 5.91 Å². The van der Waals surface area contributed by atoms with E-state index in [1.165, 1.54) is 19.3 Å². The monoisotopic (exact) mass is 238 g/mol. The summed E-state index contributed by atoms with van der Waals surface area (Å²) >= 11 is 0. The molecule has 3 heteroatoms. The van der Waals surface area contributed by atoms with Crippen LogP contribution in [0.15, 0.2) is 0 Å². The Kier molecular flexibility index (Phi) is 4.43. The van der Waals surface area contributed by atoms with E-state index in [0.717, 1.165) is 37.8 Å². The first-order valence-electron chi connectivity index (χ1n) is 7.18. The van der Waals surface area contributed by atoms with Crippen molar-refractivity contribution in [1.29, 1.82) is 0 Å². The molecule has 2 saturated carbocycles. The smallest absolute Gasteiger partial charge is 0.223 e. The molecule has 2 rings (SSSR count). The maximum absolute atomic E-state index is 11.4. The van der Waals surface area contributed by atoms with Crippen molar-refractivity contribution in [3.05, 3.63) is 0 Å². The highest BCUT2D eigenvalue weighted by atomic mass is 16.2. The normalized spacial score (nSPS) is 33.4. The molecule has 17 heavy (non-hydrogen) atoms. The summed E-state index contributed by atoms with van der Waals surface area (Å²) in [4.78, 5) is 11.4. The second-order valence-electron chi connectivity index (χ2n) is 5.98. The Morgan fingerprint density at radius 2 is 1.82 bits per heavy atom. The largest absolute Gasteiger partial charge is 0.355 e. The van der Waals surface area contributed by atoms with Crippen LogP contribution in [0.3, 0.4) is 0 Å². The Morgan fingerprint density at radius 3 is 2.47 bits per heavy atom. The minimum Gasteiger partial charge on any atom is -0.355 e. The van der Waals surface area contributed by atoms with Crippen LogP contribution in [0.5, 0.6) is 0 Å². The van der Waals surface area contributed by atoms with Crippen molar-refractivity contribution in [3.63, 3.8) is 0 Å². The van der Waals surface area contributed by atoms with E-state index in [2.05, 4.69) is 24.5 Å². The molecule has 3 atom stereocenters. The van der Waals surface area contributed by atoms with Crippen LogP contribution in [0.1, 0.15) is 46.0 Å². The van der Waals surface area contributed by atoms with Gasteiger partial charge in [0, 0.05) is 25.0 Å². The summed E-state index contributed by atoms with van der Waals surface area (Å²) in [6.07, 6.45) is 6.11. The van der Waals surface area contributed by atoms with Gasteiger partial charge in [-0.3, -0.25) is 4.79 Å². The lowest BCUT2D eigenvalue weighted by Gasteiger charge is -2.32. The predicted octanol–water partition coefficient (Wildman–Crippen LogP) is 1.93. The molecule has 2 aliphatic rings. The molecule has 0 aromatic heterocycles. The van der Waals surface area contributed by atoms with E-state index in [0.29, 0.717) is 12.0 Å². The zero-order valence-corrected chi connectivity index (χ0v) is 11.2. The van der Waals surface area contributed by atoms with E-state index in [1.807, 2.05) is 0 Å². The Morgan fingerprint density at radius 1 is 1.06 bits per heavy atom. The Labute approximate surface area is 105 Å². The molecule has 0 aliphatic heterocycles. The van der Waals surface area contributed by atoms with Gasteiger partial charge in [-0.15, -0.1) is 0 Å². The summed E-state index contributed by atoms with van der Waals surface area (Å²) in [5.41, 5.74) is 0.